The van der Waals surface area contributed by atoms with Gasteiger partial charge in [-0.25, -0.2) is 12.7 Å². The summed E-state index contributed by atoms with van der Waals surface area (Å²) in [6, 6.07) is 20.0. The second-order valence-electron chi connectivity index (χ2n) is 6.54. The molecule has 0 radical (unpaired) electrons. The molecule has 0 bridgehead atoms. The van der Waals surface area contributed by atoms with Crippen LogP contribution >= 0.6 is 0 Å². The lowest BCUT2D eigenvalue weighted by Gasteiger charge is -2.19. The molecule has 0 aromatic heterocycles. The molecule has 27 heavy (non-hydrogen) atoms. The average Bonchev–Trinajstić information content (AvgIpc) is 2.66. The number of rotatable bonds is 10. The van der Waals surface area contributed by atoms with Gasteiger partial charge in [0.05, 0.1) is 6.26 Å². The molecule has 0 saturated carbocycles. The summed E-state index contributed by atoms with van der Waals surface area (Å²) < 4.78 is 24.6. The maximum atomic E-state index is 12.5. The van der Waals surface area contributed by atoms with Gasteiger partial charge >= 0.3 is 0 Å². The standard InChI is InChI=1S/C21H28N2O3S/c1-3-23(27(2,25)26)16-10-15-22-21(24)17-20(18-11-6-4-7-12-18)19-13-8-5-9-14-19/h4-9,11-14,20H,3,10,15-17H2,1-2H3,(H,22,24). The summed E-state index contributed by atoms with van der Waals surface area (Å²) in [7, 11) is -3.19. The highest BCUT2D eigenvalue weighted by atomic mass is 32.2. The molecule has 0 unspecified atom stereocenters. The third-order valence-electron chi connectivity index (χ3n) is 4.52. The van der Waals surface area contributed by atoms with Gasteiger partial charge in [0.25, 0.3) is 0 Å². The Morgan fingerprint density at radius 1 is 1.00 bits per heavy atom. The second-order valence-corrected chi connectivity index (χ2v) is 8.52. The van der Waals surface area contributed by atoms with Crippen LogP contribution in [-0.4, -0.2) is 44.5 Å². The van der Waals surface area contributed by atoms with Crippen molar-refractivity contribution in [3.63, 3.8) is 0 Å². The number of benzene rings is 2. The predicted octanol–water partition coefficient (Wildman–Crippen LogP) is 3.00. The van der Waals surface area contributed by atoms with Crippen LogP contribution in [0.25, 0.3) is 0 Å². The molecular weight excluding hydrogens is 360 g/mol. The molecular formula is C21H28N2O3S. The maximum absolute atomic E-state index is 12.5. The van der Waals surface area contributed by atoms with Crippen molar-refractivity contribution in [1.82, 2.24) is 9.62 Å². The van der Waals surface area contributed by atoms with Crippen molar-refractivity contribution in [3.8, 4) is 0 Å². The van der Waals surface area contributed by atoms with Crippen LogP contribution in [0, 0.1) is 0 Å². The van der Waals surface area contributed by atoms with Crippen LogP contribution < -0.4 is 5.32 Å². The summed E-state index contributed by atoms with van der Waals surface area (Å²) in [6.07, 6.45) is 2.16. The highest BCUT2D eigenvalue weighted by Gasteiger charge is 2.18. The zero-order valence-corrected chi connectivity index (χ0v) is 16.8. The lowest BCUT2D eigenvalue weighted by Crippen LogP contribution is -2.33. The maximum Gasteiger partial charge on any atom is 0.220 e. The lowest BCUT2D eigenvalue weighted by molar-refractivity contribution is -0.121. The van der Waals surface area contributed by atoms with Crippen LogP contribution in [0.2, 0.25) is 0 Å². The van der Waals surface area contributed by atoms with Crippen molar-refractivity contribution in [2.24, 2.45) is 0 Å². The molecule has 1 amide bonds. The van der Waals surface area contributed by atoms with Crippen LogP contribution in [0.3, 0.4) is 0 Å². The SMILES string of the molecule is CCN(CCCNC(=O)CC(c1ccccc1)c1ccccc1)S(C)(=O)=O. The van der Waals surface area contributed by atoms with E-state index in [1.807, 2.05) is 67.6 Å². The first-order valence-corrected chi connectivity index (χ1v) is 11.1. The quantitative estimate of drug-likeness (QED) is 0.636. The Kier molecular flexibility index (Phi) is 8.00. The van der Waals surface area contributed by atoms with Crippen LogP contribution in [0.4, 0.5) is 0 Å². The molecule has 2 aromatic rings. The van der Waals surface area contributed by atoms with E-state index < -0.39 is 10.0 Å². The molecule has 0 aliphatic heterocycles. The molecule has 5 nitrogen and oxygen atoms in total. The van der Waals surface area contributed by atoms with E-state index in [0.29, 0.717) is 32.5 Å². The number of hydrogen-bond acceptors (Lipinski definition) is 3. The van der Waals surface area contributed by atoms with Gasteiger partial charge in [-0.15, -0.1) is 0 Å². The summed E-state index contributed by atoms with van der Waals surface area (Å²) >= 11 is 0. The third-order valence-corrected chi connectivity index (χ3v) is 5.90. The van der Waals surface area contributed by atoms with Crippen LogP contribution in [-0.2, 0) is 14.8 Å². The molecule has 1 N–H and O–H groups in total. The zero-order chi connectivity index (χ0) is 19.7. The Hall–Kier alpha value is -2.18. The van der Waals surface area contributed by atoms with Gasteiger partial charge in [0, 0.05) is 32.0 Å². The van der Waals surface area contributed by atoms with Crippen LogP contribution in [0.1, 0.15) is 36.8 Å². The smallest absolute Gasteiger partial charge is 0.220 e. The minimum atomic E-state index is -3.19. The van der Waals surface area contributed by atoms with Crippen molar-refractivity contribution in [3.05, 3.63) is 71.8 Å². The highest BCUT2D eigenvalue weighted by Crippen LogP contribution is 2.27. The lowest BCUT2D eigenvalue weighted by atomic mass is 9.88. The number of amides is 1. The third kappa shape index (κ3) is 6.81. The fourth-order valence-corrected chi connectivity index (χ4v) is 4.03. The van der Waals surface area contributed by atoms with Gasteiger partial charge in [0.2, 0.25) is 15.9 Å². The number of carbonyl (C=O) groups is 1. The van der Waals surface area contributed by atoms with E-state index in [1.165, 1.54) is 10.6 Å². The molecule has 0 aliphatic rings. The molecule has 0 atom stereocenters. The van der Waals surface area contributed by atoms with Crippen LogP contribution in [0.15, 0.2) is 60.7 Å². The number of carbonyl (C=O) groups excluding carboxylic acids is 1. The molecule has 2 rings (SSSR count). The summed E-state index contributed by atoms with van der Waals surface area (Å²) in [5.41, 5.74) is 2.21. The zero-order valence-electron chi connectivity index (χ0n) is 16.0. The first-order valence-electron chi connectivity index (χ1n) is 9.23. The van der Waals surface area contributed by atoms with E-state index >= 15 is 0 Å². The number of nitrogens with one attached hydrogen (secondary N) is 1. The minimum Gasteiger partial charge on any atom is -0.356 e. The second kappa shape index (κ2) is 10.2. The van der Waals surface area contributed by atoms with E-state index in [0.717, 1.165) is 11.1 Å². The van der Waals surface area contributed by atoms with Crippen molar-refractivity contribution in [1.29, 1.82) is 0 Å². The summed E-state index contributed by atoms with van der Waals surface area (Å²) in [6.45, 7) is 3.12. The largest absolute Gasteiger partial charge is 0.356 e. The Morgan fingerprint density at radius 3 is 1.96 bits per heavy atom. The van der Waals surface area contributed by atoms with Gasteiger partial charge in [0.1, 0.15) is 0 Å². The first-order chi connectivity index (χ1) is 12.9. The van der Waals surface area contributed by atoms with E-state index in [1.54, 1.807) is 0 Å². The van der Waals surface area contributed by atoms with E-state index in [9.17, 15) is 13.2 Å². The summed E-state index contributed by atoms with van der Waals surface area (Å²) in [5, 5.41) is 2.92. The van der Waals surface area contributed by atoms with Gasteiger partial charge in [-0.05, 0) is 17.5 Å². The van der Waals surface area contributed by atoms with E-state index in [-0.39, 0.29) is 11.8 Å². The van der Waals surface area contributed by atoms with Gasteiger partial charge in [-0.1, -0.05) is 67.6 Å². The molecule has 0 spiro atoms. The van der Waals surface area contributed by atoms with Gasteiger partial charge in [-0.3, -0.25) is 4.79 Å². The van der Waals surface area contributed by atoms with Crippen molar-refractivity contribution >= 4 is 15.9 Å². The van der Waals surface area contributed by atoms with Gasteiger partial charge in [0.15, 0.2) is 0 Å². The number of sulfonamides is 1. The molecule has 0 fully saturated rings. The predicted molar refractivity (Wildman–Crippen MR) is 109 cm³/mol. The first kappa shape index (κ1) is 21.1. The number of hydrogen-bond donors (Lipinski definition) is 1. The fraction of sp³-hybridized carbons (Fsp3) is 0.381. The average molecular weight is 389 g/mol. The minimum absolute atomic E-state index is 0.00411. The van der Waals surface area contributed by atoms with Gasteiger partial charge in [-0.2, -0.15) is 0 Å². The Labute approximate surface area is 162 Å². The van der Waals surface area contributed by atoms with E-state index in [4.69, 9.17) is 0 Å². The molecule has 0 aliphatic carbocycles. The normalized spacial score (nSPS) is 11.7. The fourth-order valence-electron chi connectivity index (χ4n) is 3.10. The van der Waals surface area contributed by atoms with Crippen molar-refractivity contribution < 1.29 is 13.2 Å². The molecule has 6 heteroatoms. The number of nitrogens with zero attached hydrogens (tertiary/aromatic N) is 1. The Balaban J connectivity index is 1.93. The Bertz CT molecular complexity index is 768. The monoisotopic (exact) mass is 388 g/mol. The van der Waals surface area contributed by atoms with Crippen molar-refractivity contribution in [2.45, 2.75) is 25.7 Å². The van der Waals surface area contributed by atoms with Gasteiger partial charge < -0.3 is 5.32 Å². The van der Waals surface area contributed by atoms with Crippen molar-refractivity contribution in [2.75, 3.05) is 25.9 Å². The molecule has 0 saturated heterocycles. The summed E-state index contributed by atoms with van der Waals surface area (Å²) in [5.74, 6) is -0.0364. The molecule has 2 aromatic carbocycles. The Morgan fingerprint density at radius 2 is 1.52 bits per heavy atom. The molecule has 0 heterocycles. The van der Waals surface area contributed by atoms with E-state index in [2.05, 4.69) is 5.32 Å². The topological polar surface area (TPSA) is 66.5 Å². The highest BCUT2D eigenvalue weighted by molar-refractivity contribution is 7.88. The van der Waals surface area contributed by atoms with Crippen LogP contribution in [0.5, 0.6) is 0 Å². The summed E-state index contributed by atoms with van der Waals surface area (Å²) in [4.78, 5) is 12.5. The molecule has 146 valence electrons.